The van der Waals surface area contributed by atoms with Crippen LogP contribution in [0.4, 0.5) is 0 Å². The highest BCUT2D eigenvalue weighted by Gasteiger charge is 2.14. The van der Waals surface area contributed by atoms with E-state index in [4.69, 9.17) is 11.2 Å². The molecule has 0 spiro atoms. The first kappa shape index (κ1) is 14.3. The van der Waals surface area contributed by atoms with Gasteiger partial charge in [-0.15, -0.1) is 6.42 Å². The lowest BCUT2D eigenvalue weighted by Gasteiger charge is -2.04. The second-order valence-electron chi connectivity index (χ2n) is 3.62. The number of sulfone groups is 1. The van der Waals surface area contributed by atoms with Crippen LogP contribution in [0.5, 0.6) is 0 Å². The van der Waals surface area contributed by atoms with Crippen molar-refractivity contribution in [1.29, 1.82) is 0 Å². The van der Waals surface area contributed by atoms with E-state index in [1.165, 1.54) is 24.3 Å². The number of benzene rings is 1. The van der Waals surface area contributed by atoms with Gasteiger partial charge in [-0.1, -0.05) is 12.8 Å². The van der Waals surface area contributed by atoms with Crippen LogP contribution in [0.2, 0.25) is 0 Å². The van der Waals surface area contributed by atoms with Gasteiger partial charge >= 0.3 is 5.97 Å². The molecule has 0 saturated heterocycles. The highest BCUT2D eigenvalue weighted by atomic mass is 32.2. The first-order chi connectivity index (χ1) is 8.51. The molecule has 0 aromatic heterocycles. The molecule has 1 aromatic carbocycles. The Morgan fingerprint density at radius 3 is 2.44 bits per heavy atom. The molecule has 0 bridgehead atoms. The van der Waals surface area contributed by atoms with Gasteiger partial charge in [0.1, 0.15) is 5.75 Å². The van der Waals surface area contributed by atoms with Crippen LogP contribution in [0, 0.1) is 12.3 Å². The van der Waals surface area contributed by atoms with E-state index >= 15 is 0 Å². The Morgan fingerprint density at radius 1 is 1.33 bits per heavy atom. The van der Waals surface area contributed by atoms with Gasteiger partial charge in [-0.05, 0) is 30.7 Å². The summed E-state index contributed by atoms with van der Waals surface area (Å²) in [4.78, 5) is 11.6. The fraction of sp³-hybridized carbons (Fsp3) is 0.308. The van der Waals surface area contributed by atoms with Crippen LogP contribution in [-0.2, 0) is 14.6 Å². The summed E-state index contributed by atoms with van der Waals surface area (Å²) in [5.74, 6) is 1.28. The first-order valence-corrected chi connectivity index (χ1v) is 7.10. The van der Waals surface area contributed by atoms with Gasteiger partial charge in [0.15, 0.2) is 9.84 Å². The van der Waals surface area contributed by atoms with Gasteiger partial charge in [0.25, 0.3) is 0 Å². The number of hydrogen-bond donors (Lipinski definition) is 0. The van der Waals surface area contributed by atoms with Crippen LogP contribution >= 0.6 is 0 Å². The molecule has 0 heterocycles. The topological polar surface area (TPSA) is 60.4 Å². The molecular weight excluding hydrogens is 252 g/mol. The van der Waals surface area contributed by atoms with Gasteiger partial charge in [-0.25, -0.2) is 13.2 Å². The predicted molar refractivity (Wildman–Crippen MR) is 67.9 cm³/mol. The molecule has 0 aliphatic rings. The number of ether oxygens (including phenoxy) is 1. The Bertz CT molecular complexity index is 550. The quantitative estimate of drug-likeness (QED) is 0.600. The third kappa shape index (κ3) is 3.60. The monoisotopic (exact) mass is 266 g/mol. The van der Waals surface area contributed by atoms with E-state index in [-0.39, 0.29) is 10.6 Å². The van der Waals surface area contributed by atoms with Crippen molar-refractivity contribution < 1.29 is 17.9 Å². The van der Waals surface area contributed by atoms with Crippen molar-refractivity contribution in [3.05, 3.63) is 29.8 Å². The molecular formula is C13H14O4S. The summed E-state index contributed by atoms with van der Waals surface area (Å²) in [5, 5.41) is 0. The standard InChI is InChI=1S/C13H14O4S/c1-3-9-17-13(14)11-5-7-12(8-6-11)18(15,16)10-4-2/h2,5-8H,3,9-10H2,1H3. The van der Waals surface area contributed by atoms with E-state index < -0.39 is 15.8 Å². The van der Waals surface area contributed by atoms with Crippen LogP contribution in [-0.4, -0.2) is 26.7 Å². The molecule has 0 fully saturated rings. The van der Waals surface area contributed by atoms with Crippen molar-refractivity contribution in [2.45, 2.75) is 18.2 Å². The fourth-order valence-electron chi connectivity index (χ4n) is 1.27. The van der Waals surface area contributed by atoms with Crippen molar-refractivity contribution in [3.63, 3.8) is 0 Å². The number of terminal acetylenes is 1. The van der Waals surface area contributed by atoms with E-state index in [0.717, 1.165) is 6.42 Å². The van der Waals surface area contributed by atoms with Crippen molar-refractivity contribution >= 4 is 15.8 Å². The number of carbonyl (C=O) groups is 1. The molecule has 1 rings (SSSR count). The minimum Gasteiger partial charge on any atom is -0.462 e. The third-order valence-electron chi connectivity index (χ3n) is 2.16. The number of carbonyl (C=O) groups excluding carboxylic acids is 1. The summed E-state index contributed by atoms with van der Waals surface area (Å²) in [5.41, 5.74) is 0.322. The van der Waals surface area contributed by atoms with Crippen LogP contribution < -0.4 is 0 Å². The normalized spacial score (nSPS) is 10.7. The summed E-state index contributed by atoms with van der Waals surface area (Å²) in [6.45, 7) is 2.23. The minimum atomic E-state index is -3.46. The van der Waals surface area contributed by atoms with Gasteiger partial charge in [-0.2, -0.15) is 0 Å². The van der Waals surface area contributed by atoms with Gasteiger partial charge in [0, 0.05) is 0 Å². The Kier molecular flexibility index (Phi) is 4.93. The Labute approximate surface area is 107 Å². The Morgan fingerprint density at radius 2 is 1.94 bits per heavy atom. The first-order valence-electron chi connectivity index (χ1n) is 5.44. The van der Waals surface area contributed by atoms with Crippen molar-refractivity contribution in [2.24, 2.45) is 0 Å². The summed E-state index contributed by atoms with van der Waals surface area (Å²) in [7, 11) is -3.46. The summed E-state index contributed by atoms with van der Waals surface area (Å²) in [6, 6.07) is 5.55. The second kappa shape index (κ2) is 6.22. The van der Waals surface area contributed by atoms with E-state index in [0.29, 0.717) is 12.2 Å². The maximum absolute atomic E-state index is 11.6. The van der Waals surface area contributed by atoms with E-state index in [2.05, 4.69) is 5.92 Å². The average molecular weight is 266 g/mol. The van der Waals surface area contributed by atoms with Gasteiger partial charge in [0.05, 0.1) is 17.1 Å². The van der Waals surface area contributed by atoms with Crippen LogP contribution in [0.1, 0.15) is 23.7 Å². The average Bonchev–Trinajstić information content (AvgIpc) is 2.36. The summed E-state index contributed by atoms with van der Waals surface area (Å²) < 4.78 is 28.2. The van der Waals surface area contributed by atoms with Crippen LogP contribution in [0.15, 0.2) is 29.2 Å². The summed E-state index contributed by atoms with van der Waals surface area (Å²) in [6.07, 6.45) is 5.72. The maximum atomic E-state index is 11.6. The highest BCUT2D eigenvalue weighted by molar-refractivity contribution is 7.91. The highest BCUT2D eigenvalue weighted by Crippen LogP contribution is 2.13. The fourth-order valence-corrected chi connectivity index (χ4v) is 2.21. The van der Waals surface area contributed by atoms with E-state index in [1.807, 2.05) is 6.92 Å². The molecule has 0 N–H and O–H groups in total. The minimum absolute atomic E-state index is 0.104. The molecule has 4 nitrogen and oxygen atoms in total. The Balaban J connectivity index is 2.87. The van der Waals surface area contributed by atoms with Crippen molar-refractivity contribution in [2.75, 3.05) is 12.4 Å². The number of hydrogen-bond acceptors (Lipinski definition) is 4. The zero-order chi connectivity index (χ0) is 13.6. The second-order valence-corrected chi connectivity index (χ2v) is 5.61. The largest absolute Gasteiger partial charge is 0.462 e. The SMILES string of the molecule is C#CCS(=O)(=O)c1ccc(C(=O)OCCC)cc1. The maximum Gasteiger partial charge on any atom is 0.338 e. The van der Waals surface area contributed by atoms with Crippen molar-refractivity contribution in [1.82, 2.24) is 0 Å². The van der Waals surface area contributed by atoms with Gasteiger partial charge in [-0.3, -0.25) is 0 Å². The van der Waals surface area contributed by atoms with E-state index in [9.17, 15) is 13.2 Å². The number of esters is 1. The Hall–Kier alpha value is -1.80. The zero-order valence-electron chi connectivity index (χ0n) is 10.0. The molecule has 0 saturated carbocycles. The smallest absolute Gasteiger partial charge is 0.338 e. The molecule has 5 heteroatoms. The molecule has 1 aromatic rings. The van der Waals surface area contributed by atoms with Gasteiger partial charge in [0.2, 0.25) is 0 Å². The lowest BCUT2D eigenvalue weighted by molar-refractivity contribution is 0.0505. The van der Waals surface area contributed by atoms with Crippen LogP contribution in [0.3, 0.4) is 0 Å². The lowest BCUT2D eigenvalue weighted by Crippen LogP contribution is -2.08. The molecule has 0 aliphatic heterocycles. The molecule has 96 valence electrons. The van der Waals surface area contributed by atoms with E-state index in [1.54, 1.807) is 0 Å². The molecule has 0 amide bonds. The molecule has 0 radical (unpaired) electrons. The zero-order valence-corrected chi connectivity index (χ0v) is 10.9. The predicted octanol–water partition coefficient (Wildman–Crippen LogP) is 1.66. The molecule has 0 unspecified atom stereocenters. The molecule has 0 atom stereocenters. The lowest BCUT2D eigenvalue weighted by atomic mass is 10.2. The summed E-state index contributed by atoms with van der Waals surface area (Å²) >= 11 is 0. The van der Waals surface area contributed by atoms with Gasteiger partial charge < -0.3 is 4.74 Å². The van der Waals surface area contributed by atoms with Crippen molar-refractivity contribution in [3.8, 4) is 12.3 Å². The third-order valence-corrected chi connectivity index (χ3v) is 3.70. The number of rotatable bonds is 5. The van der Waals surface area contributed by atoms with Crippen LogP contribution in [0.25, 0.3) is 0 Å². The molecule has 0 aliphatic carbocycles. The molecule has 18 heavy (non-hydrogen) atoms.